The fourth-order valence-corrected chi connectivity index (χ4v) is 2.71. The summed E-state index contributed by atoms with van der Waals surface area (Å²) in [5, 5.41) is 11.7. The lowest BCUT2D eigenvalue weighted by molar-refractivity contribution is -0.119. The molecule has 1 amide bonds. The van der Waals surface area contributed by atoms with Gasteiger partial charge in [-0.3, -0.25) is 4.79 Å². The summed E-state index contributed by atoms with van der Waals surface area (Å²) in [5.74, 6) is -0.821. The third-order valence-electron chi connectivity index (χ3n) is 3.55. The number of ether oxygens (including phenoxy) is 1. The molecule has 0 unspecified atom stereocenters. The number of carbonyl (C=O) groups is 2. The van der Waals surface area contributed by atoms with Crippen molar-refractivity contribution in [3.8, 4) is 0 Å². The summed E-state index contributed by atoms with van der Waals surface area (Å²) in [6.07, 6.45) is 2.57. The van der Waals surface area contributed by atoms with Crippen LogP contribution in [0, 0.1) is 5.92 Å². The molecular weight excluding hydrogens is 294 g/mol. The first kappa shape index (κ1) is 15.8. The van der Waals surface area contributed by atoms with E-state index in [-0.39, 0.29) is 22.6 Å². The second kappa shape index (κ2) is 6.91. The van der Waals surface area contributed by atoms with Crippen molar-refractivity contribution in [2.45, 2.75) is 32.3 Å². The molecular formula is C15H18ClNO4. The monoisotopic (exact) mass is 311 g/mol. The van der Waals surface area contributed by atoms with E-state index in [4.69, 9.17) is 21.4 Å². The van der Waals surface area contributed by atoms with E-state index in [2.05, 4.69) is 5.32 Å². The Morgan fingerprint density at radius 2 is 2.14 bits per heavy atom. The number of hydrogen-bond donors (Lipinski definition) is 2. The Morgan fingerprint density at radius 1 is 1.43 bits per heavy atom. The summed E-state index contributed by atoms with van der Waals surface area (Å²) in [6, 6.07) is 4.37. The molecule has 6 heteroatoms. The number of hydrogen-bond acceptors (Lipinski definition) is 3. The first-order chi connectivity index (χ1) is 9.99. The molecule has 21 heavy (non-hydrogen) atoms. The Bertz CT molecular complexity index is 540. The minimum absolute atomic E-state index is 0.0215. The fraction of sp³-hybridized carbons (Fsp3) is 0.467. The molecule has 0 bridgehead atoms. The average molecular weight is 312 g/mol. The largest absolute Gasteiger partial charge is 0.478 e. The van der Waals surface area contributed by atoms with Crippen molar-refractivity contribution >= 4 is 29.2 Å². The van der Waals surface area contributed by atoms with E-state index in [1.54, 1.807) is 0 Å². The van der Waals surface area contributed by atoms with Crippen molar-refractivity contribution in [2.24, 2.45) is 5.92 Å². The highest BCUT2D eigenvalue weighted by Gasteiger charge is 2.31. The lowest BCUT2D eigenvalue weighted by Crippen LogP contribution is -2.33. The maximum absolute atomic E-state index is 11.9. The summed E-state index contributed by atoms with van der Waals surface area (Å²) >= 11 is 5.86. The minimum Gasteiger partial charge on any atom is -0.478 e. The molecule has 114 valence electrons. The van der Waals surface area contributed by atoms with Crippen molar-refractivity contribution in [1.82, 2.24) is 0 Å². The van der Waals surface area contributed by atoms with Gasteiger partial charge in [0.2, 0.25) is 5.91 Å². The molecule has 1 aliphatic rings. The predicted octanol–water partition coefficient (Wildman–Crippen LogP) is 3.18. The predicted molar refractivity (Wildman–Crippen MR) is 79.8 cm³/mol. The molecule has 2 rings (SSSR count). The number of amides is 1. The van der Waals surface area contributed by atoms with Gasteiger partial charge in [-0.2, -0.15) is 0 Å². The van der Waals surface area contributed by atoms with Gasteiger partial charge in [-0.1, -0.05) is 11.6 Å². The number of rotatable bonds is 6. The number of carboxylic acid groups (broad SMARTS) is 1. The van der Waals surface area contributed by atoms with Gasteiger partial charge in [0.15, 0.2) is 0 Å². The van der Waals surface area contributed by atoms with Crippen LogP contribution in [0.25, 0.3) is 0 Å². The highest BCUT2D eigenvalue weighted by Crippen LogP contribution is 2.33. The molecule has 1 aromatic carbocycles. The van der Waals surface area contributed by atoms with Crippen LogP contribution < -0.4 is 5.32 Å². The van der Waals surface area contributed by atoms with Gasteiger partial charge in [0.05, 0.1) is 16.7 Å². The summed E-state index contributed by atoms with van der Waals surface area (Å²) in [6.45, 7) is 2.67. The zero-order valence-corrected chi connectivity index (χ0v) is 12.5. The van der Waals surface area contributed by atoms with E-state index >= 15 is 0 Å². The van der Waals surface area contributed by atoms with Crippen LogP contribution in [-0.4, -0.2) is 29.7 Å². The number of anilines is 1. The van der Waals surface area contributed by atoms with E-state index in [0.717, 1.165) is 12.8 Å². The molecule has 0 heterocycles. The number of aromatic carboxylic acids is 1. The second-order valence-electron chi connectivity index (χ2n) is 5.17. The Labute approximate surface area is 128 Å². The smallest absolute Gasteiger partial charge is 0.337 e. The van der Waals surface area contributed by atoms with E-state index in [1.807, 2.05) is 6.92 Å². The first-order valence-corrected chi connectivity index (χ1v) is 7.31. The number of carbonyl (C=O) groups excluding carboxylic acids is 1. The molecule has 0 aliphatic heterocycles. The molecule has 1 fully saturated rings. The molecule has 5 nitrogen and oxygen atoms in total. The number of benzene rings is 1. The maximum atomic E-state index is 11.9. The molecule has 0 saturated heterocycles. The lowest BCUT2D eigenvalue weighted by Gasteiger charge is -2.34. The highest BCUT2D eigenvalue weighted by molar-refractivity contribution is 6.33. The number of nitrogens with one attached hydrogen (secondary N) is 1. The minimum atomic E-state index is -1.09. The van der Waals surface area contributed by atoms with Crippen LogP contribution in [0.4, 0.5) is 5.69 Å². The zero-order valence-electron chi connectivity index (χ0n) is 11.8. The van der Waals surface area contributed by atoms with Gasteiger partial charge in [0.1, 0.15) is 0 Å². The third kappa shape index (κ3) is 4.19. The molecule has 0 aromatic heterocycles. The van der Waals surface area contributed by atoms with Gasteiger partial charge >= 0.3 is 5.97 Å². The summed E-state index contributed by atoms with van der Waals surface area (Å²) in [5.41, 5.74) is 0.531. The van der Waals surface area contributed by atoms with E-state index in [0.29, 0.717) is 24.6 Å². The van der Waals surface area contributed by atoms with Crippen LogP contribution >= 0.6 is 11.6 Å². The maximum Gasteiger partial charge on any atom is 0.337 e. The Morgan fingerprint density at radius 3 is 2.71 bits per heavy atom. The quantitative estimate of drug-likeness (QED) is 0.846. The molecule has 1 aromatic rings. The third-order valence-corrected chi connectivity index (χ3v) is 3.86. The van der Waals surface area contributed by atoms with Crippen molar-refractivity contribution < 1.29 is 19.4 Å². The van der Waals surface area contributed by atoms with Gasteiger partial charge in [-0.25, -0.2) is 4.79 Å². The van der Waals surface area contributed by atoms with Crippen LogP contribution in [0.2, 0.25) is 5.02 Å². The van der Waals surface area contributed by atoms with Crippen molar-refractivity contribution in [2.75, 3.05) is 11.9 Å². The summed E-state index contributed by atoms with van der Waals surface area (Å²) < 4.78 is 5.45. The van der Waals surface area contributed by atoms with Crippen molar-refractivity contribution in [3.05, 3.63) is 28.8 Å². The molecule has 1 saturated carbocycles. The SMILES string of the molecule is CCOC1CC(CC(=O)Nc2ccc(C(=O)O)c(Cl)c2)C1. The standard InChI is InChI=1S/C15H18ClNO4/c1-2-21-11-5-9(6-11)7-14(18)17-10-3-4-12(15(19)20)13(16)8-10/h3-4,8-9,11H,2,5-7H2,1H3,(H,17,18)(H,19,20). The first-order valence-electron chi connectivity index (χ1n) is 6.94. The van der Waals surface area contributed by atoms with Crippen LogP contribution in [0.3, 0.4) is 0 Å². The molecule has 1 aliphatic carbocycles. The summed E-state index contributed by atoms with van der Waals surface area (Å²) in [4.78, 5) is 22.7. The molecule has 0 radical (unpaired) electrons. The Balaban J connectivity index is 1.83. The van der Waals surface area contributed by atoms with Crippen LogP contribution in [-0.2, 0) is 9.53 Å². The van der Waals surface area contributed by atoms with E-state index in [9.17, 15) is 9.59 Å². The van der Waals surface area contributed by atoms with Crippen LogP contribution in [0.15, 0.2) is 18.2 Å². The zero-order chi connectivity index (χ0) is 15.4. The highest BCUT2D eigenvalue weighted by atomic mass is 35.5. The van der Waals surface area contributed by atoms with E-state index < -0.39 is 5.97 Å². The Kier molecular flexibility index (Phi) is 5.20. The van der Waals surface area contributed by atoms with E-state index in [1.165, 1.54) is 18.2 Å². The molecule has 2 N–H and O–H groups in total. The van der Waals surface area contributed by atoms with Gasteiger partial charge in [0, 0.05) is 18.7 Å². The fourth-order valence-electron chi connectivity index (χ4n) is 2.45. The van der Waals surface area contributed by atoms with Gasteiger partial charge in [-0.05, 0) is 43.9 Å². The van der Waals surface area contributed by atoms with Gasteiger partial charge in [-0.15, -0.1) is 0 Å². The normalized spacial score (nSPS) is 20.7. The van der Waals surface area contributed by atoms with Gasteiger partial charge in [0.25, 0.3) is 0 Å². The van der Waals surface area contributed by atoms with Crippen LogP contribution in [0.1, 0.15) is 36.5 Å². The average Bonchev–Trinajstić information content (AvgIpc) is 2.35. The van der Waals surface area contributed by atoms with Crippen molar-refractivity contribution in [3.63, 3.8) is 0 Å². The Hall–Kier alpha value is -1.59. The number of halogens is 1. The number of carboxylic acids is 1. The topological polar surface area (TPSA) is 75.6 Å². The van der Waals surface area contributed by atoms with Crippen LogP contribution in [0.5, 0.6) is 0 Å². The molecule has 0 spiro atoms. The van der Waals surface area contributed by atoms with Crippen molar-refractivity contribution in [1.29, 1.82) is 0 Å². The lowest BCUT2D eigenvalue weighted by atomic mass is 9.80. The molecule has 0 atom stereocenters. The van der Waals surface area contributed by atoms with Gasteiger partial charge < -0.3 is 15.2 Å². The second-order valence-corrected chi connectivity index (χ2v) is 5.57. The summed E-state index contributed by atoms with van der Waals surface area (Å²) in [7, 11) is 0.